The second-order valence-electron chi connectivity index (χ2n) is 11.3. The minimum Gasteiger partial charge on any atom is -0.494 e. The SMILES string of the molecule is CCCCNC(=O)[C@@H](N)CCCCCC(=O)CC[C@H](NC(=O)CCCCCCCCCOc1ccc(C(=O)O)cc1)C(=O)O. The molecule has 0 aromatic heterocycles. The van der Waals surface area contributed by atoms with E-state index in [0.29, 0.717) is 44.6 Å². The first-order valence-electron chi connectivity index (χ1n) is 16.2. The lowest BCUT2D eigenvalue weighted by Crippen LogP contribution is -2.41. The van der Waals surface area contributed by atoms with Crippen LogP contribution >= 0.6 is 0 Å². The summed E-state index contributed by atoms with van der Waals surface area (Å²) >= 11 is 0. The van der Waals surface area contributed by atoms with Crippen molar-refractivity contribution in [1.29, 1.82) is 0 Å². The van der Waals surface area contributed by atoms with E-state index >= 15 is 0 Å². The number of rotatable bonds is 27. The number of amides is 2. The van der Waals surface area contributed by atoms with Crippen LogP contribution in [-0.4, -0.2) is 65.0 Å². The van der Waals surface area contributed by atoms with Crippen molar-refractivity contribution in [2.45, 2.75) is 128 Å². The van der Waals surface area contributed by atoms with Crippen LogP contribution in [0.3, 0.4) is 0 Å². The normalized spacial score (nSPS) is 12.2. The molecule has 44 heavy (non-hydrogen) atoms. The number of carboxylic acids is 2. The van der Waals surface area contributed by atoms with Crippen molar-refractivity contribution in [3.63, 3.8) is 0 Å². The zero-order valence-electron chi connectivity index (χ0n) is 26.3. The standard InChI is InChI=1S/C33H53N3O8/c1-2-3-23-35-31(39)28(34)15-11-9-10-14-26(37)19-22-29(33(42)43)36-30(38)16-12-7-5-4-6-8-13-24-44-27-20-17-25(18-21-27)32(40)41/h17-18,20-21,28-29H,2-16,19,22-24,34H2,1H3,(H,35,39)(H,36,38)(H,40,41)(H,42,43)/t28-,29-/m0/s1. The Balaban J connectivity index is 2.06. The first-order valence-corrected chi connectivity index (χ1v) is 16.2. The van der Waals surface area contributed by atoms with E-state index in [9.17, 15) is 29.1 Å². The van der Waals surface area contributed by atoms with Gasteiger partial charge in [-0.1, -0.05) is 58.3 Å². The first kappa shape index (κ1) is 38.6. The summed E-state index contributed by atoms with van der Waals surface area (Å²) in [5.41, 5.74) is 6.13. The van der Waals surface area contributed by atoms with Gasteiger partial charge in [-0.05, 0) is 62.8 Å². The molecule has 0 saturated carbocycles. The number of hydrogen-bond acceptors (Lipinski definition) is 7. The molecule has 2 amide bonds. The van der Waals surface area contributed by atoms with Crippen LogP contribution in [0.25, 0.3) is 0 Å². The number of hydrogen-bond donors (Lipinski definition) is 5. The number of ketones is 1. The highest BCUT2D eigenvalue weighted by atomic mass is 16.5. The van der Waals surface area contributed by atoms with Gasteiger partial charge in [0, 0.05) is 25.8 Å². The summed E-state index contributed by atoms with van der Waals surface area (Å²) in [6, 6.07) is 4.72. The molecule has 0 aliphatic heterocycles. The zero-order valence-corrected chi connectivity index (χ0v) is 26.3. The Morgan fingerprint density at radius 2 is 1.39 bits per heavy atom. The Morgan fingerprint density at radius 1 is 0.773 bits per heavy atom. The number of Topliss-reactive ketones (excluding diaryl/α,β-unsaturated/α-hetero) is 1. The second-order valence-corrected chi connectivity index (χ2v) is 11.3. The lowest BCUT2D eigenvalue weighted by Gasteiger charge is -2.14. The zero-order chi connectivity index (χ0) is 32.6. The highest BCUT2D eigenvalue weighted by Gasteiger charge is 2.21. The summed E-state index contributed by atoms with van der Waals surface area (Å²) in [4.78, 5) is 58.8. The van der Waals surface area contributed by atoms with Crippen molar-refractivity contribution in [2.75, 3.05) is 13.2 Å². The van der Waals surface area contributed by atoms with Crippen LogP contribution in [0.2, 0.25) is 0 Å². The maximum atomic E-state index is 12.3. The topological polar surface area (TPSA) is 185 Å². The molecule has 11 nitrogen and oxygen atoms in total. The molecule has 0 heterocycles. The summed E-state index contributed by atoms with van der Waals surface area (Å²) in [7, 11) is 0. The molecule has 0 bridgehead atoms. The van der Waals surface area contributed by atoms with Crippen molar-refractivity contribution < 1.29 is 38.9 Å². The minimum atomic E-state index is -1.14. The molecule has 1 aromatic carbocycles. The highest BCUT2D eigenvalue weighted by Crippen LogP contribution is 2.14. The molecule has 0 spiro atoms. The molecule has 6 N–H and O–H groups in total. The number of aliphatic carboxylic acids is 1. The van der Waals surface area contributed by atoms with Gasteiger partial charge < -0.3 is 31.3 Å². The third kappa shape index (κ3) is 18.9. The van der Waals surface area contributed by atoms with Crippen molar-refractivity contribution in [1.82, 2.24) is 10.6 Å². The average Bonchev–Trinajstić information content (AvgIpc) is 2.99. The van der Waals surface area contributed by atoms with Crippen LogP contribution in [0.1, 0.15) is 126 Å². The van der Waals surface area contributed by atoms with E-state index in [2.05, 4.69) is 17.6 Å². The quantitative estimate of drug-likeness (QED) is 0.0845. The van der Waals surface area contributed by atoms with E-state index in [1.807, 2.05) is 0 Å². The van der Waals surface area contributed by atoms with Gasteiger partial charge in [0.05, 0.1) is 18.2 Å². The molecule has 0 saturated heterocycles. The molecule has 2 atom stereocenters. The van der Waals surface area contributed by atoms with Crippen LogP contribution in [0.5, 0.6) is 5.75 Å². The highest BCUT2D eigenvalue weighted by molar-refractivity contribution is 5.87. The first-order chi connectivity index (χ1) is 21.1. The Morgan fingerprint density at radius 3 is 2.02 bits per heavy atom. The predicted octanol–water partition coefficient (Wildman–Crippen LogP) is 5.00. The molecule has 0 radical (unpaired) electrons. The maximum Gasteiger partial charge on any atom is 0.335 e. The van der Waals surface area contributed by atoms with Gasteiger partial charge in [0.25, 0.3) is 0 Å². The van der Waals surface area contributed by atoms with Gasteiger partial charge >= 0.3 is 11.9 Å². The fourth-order valence-electron chi connectivity index (χ4n) is 4.62. The van der Waals surface area contributed by atoms with E-state index in [1.54, 1.807) is 12.1 Å². The number of unbranched alkanes of at least 4 members (excludes halogenated alkanes) is 9. The summed E-state index contributed by atoms with van der Waals surface area (Å²) in [5, 5.41) is 23.8. The van der Waals surface area contributed by atoms with Crippen molar-refractivity contribution >= 4 is 29.5 Å². The average molecular weight is 620 g/mol. The number of nitrogens with one attached hydrogen (secondary N) is 2. The van der Waals surface area contributed by atoms with Crippen molar-refractivity contribution in [3.05, 3.63) is 29.8 Å². The smallest absolute Gasteiger partial charge is 0.335 e. The number of carboxylic acid groups (broad SMARTS) is 2. The second kappa shape index (κ2) is 23.9. The summed E-state index contributed by atoms with van der Waals surface area (Å²) in [5.74, 6) is -1.94. The predicted molar refractivity (Wildman–Crippen MR) is 169 cm³/mol. The third-order valence-corrected chi connectivity index (χ3v) is 7.40. The molecule has 1 aromatic rings. The van der Waals surface area contributed by atoms with E-state index in [-0.39, 0.29) is 42.4 Å². The summed E-state index contributed by atoms with van der Waals surface area (Å²) < 4.78 is 5.63. The van der Waals surface area contributed by atoms with Gasteiger partial charge in [0.2, 0.25) is 11.8 Å². The molecule has 0 aliphatic carbocycles. The number of aromatic carboxylic acids is 1. The van der Waals surface area contributed by atoms with Crippen LogP contribution < -0.4 is 21.1 Å². The Hall–Kier alpha value is -3.47. The third-order valence-electron chi connectivity index (χ3n) is 7.40. The molecule has 11 heteroatoms. The number of benzene rings is 1. The molecular formula is C33H53N3O8. The maximum absolute atomic E-state index is 12.3. The van der Waals surface area contributed by atoms with Gasteiger partial charge in [-0.15, -0.1) is 0 Å². The molecule has 0 aliphatic rings. The van der Waals surface area contributed by atoms with E-state index in [0.717, 1.165) is 64.2 Å². The summed E-state index contributed by atoms with van der Waals surface area (Å²) in [6.45, 7) is 3.25. The lowest BCUT2D eigenvalue weighted by atomic mass is 10.0. The number of carbonyl (C=O) groups excluding carboxylic acids is 3. The van der Waals surface area contributed by atoms with Gasteiger partial charge in [-0.3, -0.25) is 14.4 Å². The van der Waals surface area contributed by atoms with Crippen molar-refractivity contribution in [2.24, 2.45) is 5.73 Å². The van der Waals surface area contributed by atoms with E-state index in [4.69, 9.17) is 15.6 Å². The monoisotopic (exact) mass is 619 g/mol. The number of nitrogens with two attached hydrogens (primary N) is 1. The minimum absolute atomic E-state index is 0.0342. The van der Waals surface area contributed by atoms with Crippen LogP contribution in [0.15, 0.2) is 24.3 Å². The van der Waals surface area contributed by atoms with Gasteiger partial charge in [0.1, 0.15) is 17.6 Å². The molecule has 1 rings (SSSR count). The van der Waals surface area contributed by atoms with Crippen LogP contribution in [0, 0.1) is 0 Å². The fraction of sp³-hybridized carbons (Fsp3) is 0.667. The Bertz CT molecular complexity index is 999. The van der Waals surface area contributed by atoms with Gasteiger partial charge in [-0.2, -0.15) is 0 Å². The van der Waals surface area contributed by atoms with E-state index in [1.165, 1.54) is 12.1 Å². The Kier molecular flexibility index (Phi) is 21.0. The number of ether oxygens (including phenoxy) is 1. The fourth-order valence-corrected chi connectivity index (χ4v) is 4.62. The molecule has 0 unspecified atom stereocenters. The largest absolute Gasteiger partial charge is 0.494 e. The molecular weight excluding hydrogens is 566 g/mol. The molecule has 0 fully saturated rings. The molecule has 248 valence electrons. The summed E-state index contributed by atoms with van der Waals surface area (Å²) in [6.07, 6.45) is 12.0. The van der Waals surface area contributed by atoms with Crippen LogP contribution in [0.4, 0.5) is 0 Å². The van der Waals surface area contributed by atoms with Crippen LogP contribution in [-0.2, 0) is 19.2 Å². The van der Waals surface area contributed by atoms with Gasteiger partial charge in [-0.25, -0.2) is 9.59 Å². The van der Waals surface area contributed by atoms with Gasteiger partial charge in [0.15, 0.2) is 0 Å². The van der Waals surface area contributed by atoms with E-state index < -0.39 is 24.0 Å². The lowest BCUT2D eigenvalue weighted by molar-refractivity contribution is -0.142. The Labute approximate surface area is 261 Å². The number of carbonyl (C=O) groups is 5. The van der Waals surface area contributed by atoms with Crippen molar-refractivity contribution in [3.8, 4) is 5.75 Å².